The summed E-state index contributed by atoms with van der Waals surface area (Å²) in [5, 5.41) is 3.37. The number of nitrogens with one attached hydrogen (secondary N) is 1. The molecular formula is C14H22Cl2N2O. The Morgan fingerprint density at radius 1 is 1.26 bits per heavy atom. The molecule has 0 aliphatic carbocycles. The van der Waals surface area contributed by atoms with E-state index in [4.69, 9.17) is 4.74 Å². The molecule has 0 bridgehead atoms. The van der Waals surface area contributed by atoms with E-state index in [0.717, 1.165) is 31.9 Å². The van der Waals surface area contributed by atoms with Crippen LogP contribution in [0.5, 0.6) is 5.75 Å². The minimum atomic E-state index is 0. The molecule has 0 unspecified atom stereocenters. The van der Waals surface area contributed by atoms with E-state index in [1.807, 2.05) is 18.2 Å². The second-order valence-corrected chi connectivity index (χ2v) is 4.21. The number of ether oxygens (including phenoxy) is 1. The van der Waals surface area contributed by atoms with Crippen molar-refractivity contribution in [2.45, 2.75) is 6.04 Å². The monoisotopic (exact) mass is 304 g/mol. The Bertz CT molecular complexity index is 381. The van der Waals surface area contributed by atoms with Crippen LogP contribution in [0.3, 0.4) is 0 Å². The van der Waals surface area contributed by atoms with Gasteiger partial charge in [-0.25, -0.2) is 0 Å². The highest BCUT2D eigenvalue weighted by atomic mass is 35.5. The van der Waals surface area contributed by atoms with Crippen molar-refractivity contribution in [1.82, 2.24) is 10.2 Å². The number of halogens is 2. The third-order valence-electron chi connectivity index (χ3n) is 3.23. The summed E-state index contributed by atoms with van der Waals surface area (Å²) in [6, 6.07) is 8.42. The van der Waals surface area contributed by atoms with E-state index in [2.05, 4.69) is 28.9 Å². The number of piperazine rings is 1. The van der Waals surface area contributed by atoms with Crippen LogP contribution in [0.2, 0.25) is 0 Å². The molecule has 2 rings (SSSR count). The standard InChI is InChI=1S/C14H20N2O.2ClH/c1-3-13(16-10-8-15-9-11-16)12-6-4-5-7-14(12)17-2;;/h3-7,13,15H,1,8-11H2,2H3;2*1H/t13-;;/m0../s1. The van der Waals surface area contributed by atoms with Gasteiger partial charge in [0.05, 0.1) is 13.2 Å². The van der Waals surface area contributed by atoms with Gasteiger partial charge in [0, 0.05) is 31.7 Å². The van der Waals surface area contributed by atoms with Crippen molar-refractivity contribution < 1.29 is 4.74 Å². The number of para-hydroxylation sites is 1. The third kappa shape index (κ3) is 4.39. The van der Waals surface area contributed by atoms with Crippen LogP contribution in [0.1, 0.15) is 11.6 Å². The number of rotatable bonds is 4. The maximum atomic E-state index is 5.43. The molecule has 5 heteroatoms. The summed E-state index contributed by atoms with van der Waals surface area (Å²) in [6.07, 6.45) is 2.00. The molecule has 1 fully saturated rings. The van der Waals surface area contributed by atoms with E-state index in [-0.39, 0.29) is 30.9 Å². The molecule has 1 atom stereocenters. The molecule has 1 N–H and O–H groups in total. The van der Waals surface area contributed by atoms with Gasteiger partial charge in [0.1, 0.15) is 5.75 Å². The first-order chi connectivity index (χ1) is 8.36. The fourth-order valence-electron chi connectivity index (χ4n) is 2.34. The Labute approximate surface area is 127 Å². The van der Waals surface area contributed by atoms with Crippen molar-refractivity contribution >= 4 is 24.8 Å². The van der Waals surface area contributed by atoms with Gasteiger partial charge in [0.15, 0.2) is 0 Å². The number of hydrogen-bond donors (Lipinski definition) is 1. The summed E-state index contributed by atoms with van der Waals surface area (Å²) < 4.78 is 5.43. The Morgan fingerprint density at radius 3 is 2.47 bits per heavy atom. The zero-order chi connectivity index (χ0) is 12.1. The average Bonchev–Trinajstić information content (AvgIpc) is 2.41. The molecule has 0 radical (unpaired) electrons. The van der Waals surface area contributed by atoms with Crippen LogP contribution in [0.25, 0.3) is 0 Å². The van der Waals surface area contributed by atoms with E-state index in [1.54, 1.807) is 7.11 Å². The molecule has 0 aromatic heterocycles. The lowest BCUT2D eigenvalue weighted by molar-refractivity contribution is 0.200. The van der Waals surface area contributed by atoms with Crippen LogP contribution >= 0.6 is 24.8 Å². The van der Waals surface area contributed by atoms with Crippen LogP contribution in [0.15, 0.2) is 36.9 Å². The van der Waals surface area contributed by atoms with Gasteiger partial charge >= 0.3 is 0 Å². The lowest BCUT2D eigenvalue weighted by atomic mass is 10.0. The van der Waals surface area contributed by atoms with Crippen molar-refractivity contribution in [3.05, 3.63) is 42.5 Å². The zero-order valence-electron chi connectivity index (χ0n) is 11.2. The molecule has 108 valence electrons. The number of benzene rings is 1. The molecule has 1 heterocycles. The van der Waals surface area contributed by atoms with E-state index in [0.29, 0.717) is 0 Å². The summed E-state index contributed by atoms with van der Waals surface area (Å²) >= 11 is 0. The van der Waals surface area contributed by atoms with E-state index in [1.165, 1.54) is 5.56 Å². The Morgan fingerprint density at radius 2 is 1.89 bits per heavy atom. The second kappa shape index (κ2) is 9.21. The minimum absolute atomic E-state index is 0. The van der Waals surface area contributed by atoms with Crippen LogP contribution in [-0.2, 0) is 0 Å². The number of methoxy groups -OCH3 is 1. The molecule has 1 saturated heterocycles. The number of nitrogens with zero attached hydrogens (tertiary/aromatic N) is 1. The smallest absolute Gasteiger partial charge is 0.123 e. The second-order valence-electron chi connectivity index (χ2n) is 4.21. The summed E-state index contributed by atoms with van der Waals surface area (Å²) in [6.45, 7) is 8.15. The molecule has 0 spiro atoms. The molecule has 1 aromatic carbocycles. The topological polar surface area (TPSA) is 24.5 Å². The van der Waals surface area contributed by atoms with Crippen molar-refractivity contribution in [2.75, 3.05) is 33.3 Å². The van der Waals surface area contributed by atoms with Gasteiger partial charge in [-0.05, 0) is 6.07 Å². The highest BCUT2D eigenvalue weighted by Crippen LogP contribution is 2.29. The molecule has 3 nitrogen and oxygen atoms in total. The van der Waals surface area contributed by atoms with Crippen molar-refractivity contribution in [1.29, 1.82) is 0 Å². The van der Waals surface area contributed by atoms with Crippen molar-refractivity contribution in [2.24, 2.45) is 0 Å². The predicted molar refractivity (Wildman–Crippen MR) is 84.9 cm³/mol. The molecule has 0 amide bonds. The first kappa shape index (κ1) is 18.3. The molecule has 1 aliphatic heterocycles. The first-order valence-electron chi connectivity index (χ1n) is 6.07. The van der Waals surface area contributed by atoms with E-state index in [9.17, 15) is 0 Å². The van der Waals surface area contributed by atoms with Gasteiger partial charge in [0.2, 0.25) is 0 Å². The van der Waals surface area contributed by atoms with Gasteiger partial charge in [-0.3, -0.25) is 4.90 Å². The fourth-order valence-corrected chi connectivity index (χ4v) is 2.34. The highest BCUT2D eigenvalue weighted by molar-refractivity contribution is 5.85. The van der Waals surface area contributed by atoms with Gasteiger partial charge in [-0.1, -0.05) is 24.3 Å². The summed E-state index contributed by atoms with van der Waals surface area (Å²) in [4.78, 5) is 2.43. The Hall–Kier alpha value is -0.740. The van der Waals surface area contributed by atoms with Crippen LogP contribution < -0.4 is 10.1 Å². The largest absolute Gasteiger partial charge is 0.496 e. The lowest BCUT2D eigenvalue weighted by Crippen LogP contribution is -2.44. The molecule has 1 aliphatic rings. The Balaban J connectivity index is 0.00000162. The zero-order valence-corrected chi connectivity index (χ0v) is 12.8. The molecule has 0 saturated carbocycles. The predicted octanol–water partition coefficient (Wildman–Crippen LogP) is 2.67. The minimum Gasteiger partial charge on any atom is -0.496 e. The highest BCUT2D eigenvalue weighted by Gasteiger charge is 2.21. The van der Waals surface area contributed by atoms with Crippen LogP contribution in [0, 0.1) is 0 Å². The normalized spacial score (nSPS) is 16.7. The third-order valence-corrected chi connectivity index (χ3v) is 3.23. The quantitative estimate of drug-likeness (QED) is 0.866. The van der Waals surface area contributed by atoms with Crippen LogP contribution in [-0.4, -0.2) is 38.2 Å². The van der Waals surface area contributed by atoms with E-state index >= 15 is 0 Å². The Kier molecular flexibility index (Phi) is 8.85. The maximum Gasteiger partial charge on any atom is 0.123 e. The SMILES string of the molecule is C=C[C@@H](c1ccccc1OC)N1CCNCC1.Cl.Cl. The molecule has 1 aromatic rings. The summed E-state index contributed by atoms with van der Waals surface area (Å²) in [7, 11) is 1.72. The van der Waals surface area contributed by atoms with Crippen LogP contribution in [0.4, 0.5) is 0 Å². The molecular weight excluding hydrogens is 283 g/mol. The van der Waals surface area contributed by atoms with Crippen molar-refractivity contribution in [3.8, 4) is 5.75 Å². The summed E-state index contributed by atoms with van der Waals surface area (Å²) in [5.74, 6) is 0.941. The average molecular weight is 305 g/mol. The van der Waals surface area contributed by atoms with Gasteiger partial charge in [0.25, 0.3) is 0 Å². The van der Waals surface area contributed by atoms with Gasteiger partial charge in [-0.15, -0.1) is 31.4 Å². The summed E-state index contributed by atoms with van der Waals surface area (Å²) in [5.41, 5.74) is 1.20. The lowest BCUT2D eigenvalue weighted by Gasteiger charge is -2.34. The molecule has 19 heavy (non-hydrogen) atoms. The van der Waals surface area contributed by atoms with Crippen molar-refractivity contribution in [3.63, 3.8) is 0 Å². The number of hydrogen-bond acceptors (Lipinski definition) is 3. The van der Waals surface area contributed by atoms with Gasteiger partial charge in [-0.2, -0.15) is 0 Å². The van der Waals surface area contributed by atoms with Gasteiger partial charge < -0.3 is 10.1 Å². The first-order valence-corrected chi connectivity index (χ1v) is 6.07. The van der Waals surface area contributed by atoms with E-state index < -0.39 is 0 Å². The fraction of sp³-hybridized carbons (Fsp3) is 0.429. The maximum absolute atomic E-state index is 5.43.